The standard InChI is InChI=1S/C28H38N2O2.C7H8O3S.Co/c1-27(2,3)21-11-13-25(31)19(15-21)17-29-23-9-7-8-10-24(23)30-18-20-16-22(28(4,5)6)12-14-26(20)32;1-6-2-4-7(5-3-6)11(8,9)10;/h11-18,23-24,31-32H,7-10H2,1-6H3;2-5H,1H3,(H,8,9,10);/q;;+3/p-3/t23-,24-;;/m0../s1. The molecule has 0 N–H and O–H groups in total. The zero-order valence-corrected chi connectivity index (χ0v) is 28.4. The summed E-state index contributed by atoms with van der Waals surface area (Å²) in [5.41, 5.74) is 4.39. The average Bonchev–Trinajstić information content (AvgIpc) is 2.91. The molecule has 7 nitrogen and oxygen atoms in total. The van der Waals surface area contributed by atoms with Crippen LogP contribution in [-0.4, -0.2) is 37.5 Å². The van der Waals surface area contributed by atoms with Crippen molar-refractivity contribution in [1.29, 1.82) is 0 Å². The van der Waals surface area contributed by atoms with Crippen LogP contribution in [0.5, 0.6) is 11.5 Å². The molecule has 2 atom stereocenters. The Balaban J connectivity index is 0.000000475. The zero-order chi connectivity index (χ0) is 32.0. The Morgan fingerprint density at radius 2 is 1.09 bits per heavy atom. The third kappa shape index (κ3) is 10.9. The summed E-state index contributed by atoms with van der Waals surface area (Å²) < 4.78 is 31.2. The van der Waals surface area contributed by atoms with Crippen molar-refractivity contribution in [2.45, 2.75) is 102 Å². The van der Waals surface area contributed by atoms with Crippen LogP contribution in [-0.2, 0) is 37.7 Å². The van der Waals surface area contributed by atoms with Crippen molar-refractivity contribution in [1.82, 2.24) is 0 Å². The van der Waals surface area contributed by atoms with Gasteiger partial charge in [0.1, 0.15) is 10.1 Å². The van der Waals surface area contributed by atoms with Crippen LogP contribution < -0.4 is 10.2 Å². The van der Waals surface area contributed by atoms with Crippen molar-refractivity contribution in [2.24, 2.45) is 9.98 Å². The molecule has 4 rings (SSSR count). The average molecular weight is 663 g/mol. The minimum absolute atomic E-state index is 0. The van der Waals surface area contributed by atoms with E-state index in [1.54, 1.807) is 36.7 Å². The number of aliphatic imine (C=N–C) groups is 2. The molecule has 1 saturated carbocycles. The predicted octanol–water partition coefficient (Wildman–Crippen LogP) is 6.17. The molecule has 0 unspecified atom stereocenters. The van der Waals surface area contributed by atoms with Gasteiger partial charge in [-0.2, -0.15) is 0 Å². The molecule has 0 spiro atoms. The van der Waals surface area contributed by atoms with Crippen molar-refractivity contribution in [3.05, 3.63) is 88.5 Å². The molecule has 0 aromatic heterocycles. The van der Waals surface area contributed by atoms with E-state index in [-0.39, 0.29) is 56.1 Å². The molecule has 0 aliphatic heterocycles. The maximum atomic E-state index is 12.4. The van der Waals surface area contributed by atoms with E-state index >= 15 is 0 Å². The largest absolute Gasteiger partial charge is 3.00 e. The Kier molecular flexibility index (Phi) is 13.0. The first-order valence-electron chi connectivity index (χ1n) is 14.7. The van der Waals surface area contributed by atoms with Gasteiger partial charge in [-0.3, -0.25) is 9.98 Å². The van der Waals surface area contributed by atoms with Crippen molar-refractivity contribution in [3.8, 4) is 11.5 Å². The van der Waals surface area contributed by atoms with Gasteiger partial charge < -0.3 is 14.8 Å². The van der Waals surface area contributed by atoms with Crippen molar-refractivity contribution in [2.75, 3.05) is 0 Å². The quantitative estimate of drug-likeness (QED) is 0.238. The second-order valence-electron chi connectivity index (χ2n) is 13.2. The maximum absolute atomic E-state index is 12.4. The van der Waals surface area contributed by atoms with Gasteiger partial charge in [-0.25, -0.2) is 8.42 Å². The summed E-state index contributed by atoms with van der Waals surface area (Å²) >= 11 is 0. The summed E-state index contributed by atoms with van der Waals surface area (Å²) in [7, 11) is -4.27. The molecule has 3 aromatic rings. The van der Waals surface area contributed by atoms with Gasteiger partial charge in [0.05, 0.1) is 17.0 Å². The van der Waals surface area contributed by atoms with Crippen LogP contribution >= 0.6 is 0 Å². The van der Waals surface area contributed by atoms with E-state index in [0.29, 0.717) is 11.1 Å². The first-order chi connectivity index (χ1) is 19.9. The molecule has 0 saturated heterocycles. The molecule has 0 bridgehead atoms. The first-order valence-corrected chi connectivity index (χ1v) is 16.1. The first kappa shape index (κ1) is 37.2. The number of rotatable bonds is 5. The smallest absolute Gasteiger partial charge is 0.872 e. The molecule has 0 amide bonds. The molecule has 3 aromatic carbocycles. The van der Waals surface area contributed by atoms with Crippen LogP contribution in [0, 0.1) is 6.92 Å². The monoisotopic (exact) mass is 662 g/mol. The molecule has 1 aliphatic carbocycles. The summed E-state index contributed by atoms with van der Waals surface area (Å²) in [6.07, 6.45) is 7.56. The second-order valence-corrected chi connectivity index (χ2v) is 14.6. The van der Waals surface area contributed by atoms with Crippen LogP contribution in [0.2, 0.25) is 0 Å². The third-order valence-corrected chi connectivity index (χ3v) is 8.41. The number of nitrogens with zero attached hydrogens (tertiary/aromatic N) is 2. The molecule has 0 radical (unpaired) electrons. The van der Waals surface area contributed by atoms with Crippen LogP contribution in [0.3, 0.4) is 0 Å². The Morgan fingerprint density at radius 1 is 0.705 bits per heavy atom. The Morgan fingerprint density at radius 3 is 1.43 bits per heavy atom. The number of hydrogen-bond acceptors (Lipinski definition) is 7. The number of benzene rings is 3. The van der Waals surface area contributed by atoms with E-state index in [4.69, 9.17) is 9.98 Å². The predicted molar refractivity (Wildman–Crippen MR) is 170 cm³/mol. The summed E-state index contributed by atoms with van der Waals surface area (Å²) in [5, 5.41) is 24.7. The van der Waals surface area contributed by atoms with Crippen LogP contribution in [0.4, 0.5) is 0 Å². The summed E-state index contributed by atoms with van der Waals surface area (Å²) in [6, 6.07) is 16.8. The normalized spacial score (nSPS) is 17.6. The van der Waals surface area contributed by atoms with Gasteiger partial charge >= 0.3 is 16.8 Å². The molecule has 9 heteroatoms. The molecule has 1 fully saturated rings. The molecule has 0 heterocycles. The minimum atomic E-state index is -4.27. The fourth-order valence-electron chi connectivity index (χ4n) is 4.73. The Hall–Kier alpha value is -2.98. The maximum Gasteiger partial charge on any atom is 3.00 e. The molecule has 1 aliphatic rings. The van der Waals surface area contributed by atoms with Gasteiger partial charge in [0.15, 0.2) is 0 Å². The summed E-state index contributed by atoms with van der Waals surface area (Å²) in [6.45, 7) is 14.6. The van der Waals surface area contributed by atoms with Crippen LogP contribution in [0.15, 0.2) is 75.5 Å². The zero-order valence-electron chi connectivity index (χ0n) is 26.6. The number of aryl methyl sites for hydroxylation is 1. The van der Waals surface area contributed by atoms with Crippen LogP contribution in [0.25, 0.3) is 0 Å². The van der Waals surface area contributed by atoms with Crippen molar-refractivity contribution in [3.63, 3.8) is 0 Å². The Labute approximate surface area is 273 Å². The molecule has 44 heavy (non-hydrogen) atoms. The van der Waals surface area contributed by atoms with Gasteiger partial charge in [0.2, 0.25) is 0 Å². The Bertz CT molecular complexity index is 1470. The topological polar surface area (TPSA) is 128 Å². The molecular formula is C35H43CoN2O5S. The van der Waals surface area contributed by atoms with Crippen molar-refractivity contribution < 1.29 is 40.0 Å². The van der Waals surface area contributed by atoms with E-state index in [2.05, 4.69) is 41.5 Å². The fraction of sp³-hybridized carbons (Fsp3) is 0.429. The summed E-state index contributed by atoms with van der Waals surface area (Å²) in [5.74, 6) is -0.0137. The van der Waals surface area contributed by atoms with Gasteiger partial charge in [-0.1, -0.05) is 108 Å². The van der Waals surface area contributed by atoms with Gasteiger partial charge in [0, 0.05) is 12.4 Å². The SMILES string of the molecule is CC(C)(C)c1ccc([O-])c(C=N[C@H]2CCCC[C@@H]2N=Cc2cc(C(C)(C)C)ccc2[O-])c1.Cc1ccc(S(=O)(=O)[O-])cc1.[Co+3]. The van der Waals surface area contributed by atoms with Gasteiger partial charge in [-0.15, -0.1) is 11.5 Å². The van der Waals surface area contributed by atoms with E-state index in [1.165, 1.54) is 12.1 Å². The van der Waals surface area contributed by atoms with Gasteiger partial charge in [0.25, 0.3) is 0 Å². The van der Waals surface area contributed by atoms with E-state index in [9.17, 15) is 23.2 Å². The van der Waals surface area contributed by atoms with E-state index in [0.717, 1.165) is 42.4 Å². The molecular weight excluding hydrogens is 619 g/mol. The van der Waals surface area contributed by atoms with Gasteiger partial charge in [-0.05, 0) is 65.0 Å². The third-order valence-electron chi connectivity index (χ3n) is 7.57. The van der Waals surface area contributed by atoms with Crippen molar-refractivity contribution >= 4 is 22.5 Å². The second kappa shape index (κ2) is 15.3. The van der Waals surface area contributed by atoms with E-state index in [1.807, 2.05) is 31.2 Å². The fourth-order valence-corrected chi connectivity index (χ4v) is 5.20. The van der Waals surface area contributed by atoms with Crippen LogP contribution in [0.1, 0.15) is 95.0 Å². The minimum Gasteiger partial charge on any atom is -0.872 e. The van der Waals surface area contributed by atoms with E-state index < -0.39 is 10.1 Å². The number of hydrogen-bond donors (Lipinski definition) is 0. The molecule has 238 valence electrons. The summed E-state index contributed by atoms with van der Waals surface area (Å²) in [4.78, 5) is 9.41.